The van der Waals surface area contributed by atoms with E-state index in [2.05, 4.69) is 17.6 Å². The van der Waals surface area contributed by atoms with Crippen LogP contribution in [0.3, 0.4) is 0 Å². The van der Waals surface area contributed by atoms with Gasteiger partial charge in [0.15, 0.2) is 0 Å². The Morgan fingerprint density at radius 2 is 2.22 bits per heavy atom. The number of amides is 1. The molecule has 0 radical (unpaired) electrons. The van der Waals surface area contributed by atoms with E-state index in [9.17, 15) is 4.79 Å². The number of carbonyl (C=O) groups excluding carboxylic acids is 1. The van der Waals surface area contributed by atoms with Gasteiger partial charge in [-0.3, -0.25) is 4.79 Å². The Morgan fingerprint density at radius 3 is 2.89 bits per heavy atom. The van der Waals surface area contributed by atoms with Gasteiger partial charge in [0, 0.05) is 25.1 Å². The number of carbonyl (C=O) groups is 1. The topological polar surface area (TPSA) is 50.4 Å². The van der Waals surface area contributed by atoms with Crippen molar-refractivity contribution >= 4 is 5.91 Å². The first-order chi connectivity index (χ1) is 8.59. The molecule has 18 heavy (non-hydrogen) atoms. The smallest absolute Gasteiger partial charge is 0.223 e. The summed E-state index contributed by atoms with van der Waals surface area (Å²) in [7, 11) is 0. The fourth-order valence-corrected chi connectivity index (χ4v) is 2.27. The van der Waals surface area contributed by atoms with E-state index in [4.69, 9.17) is 4.74 Å². The van der Waals surface area contributed by atoms with Gasteiger partial charge in [-0.1, -0.05) is 0 Å². The van der Waals surface area contributed by atoms with Gasteiger partial charge in [-0.2, -0.15) is 0 Å². The second-order valence-electron chi connectivity index (χ2n) is 5.49. The van der Waals surface area contributed by atoms with E-state index in [0.29, 0.717) is 12.1 Å². The fraction of sp³-hybridized carbons (Fsp3) is 0.929. The summed E-state index contributed by atoms with van der Waals surface area (Å²) < 4.78 is 5.46. The molecule has 1 heterocycles. The van der Waals surface area contributed by atoms with E-state index >= 15 is 0 Å². The summed E-state index contributed by atoms with van der Waals surface area (Å²) in [5.74, 6) is 0.432. The van der Waals surface area contributed by atoms with Crippen LogP contribution in [0.2, 0.25) is 0 Å². The first kappa shape index (κ1) is 15.4. The molecule has 0 aromatic rings. The predicted molar refractivity (Wildman–Crippen MR) is 73.5 cm³/mol. The molecule has 4 nitrogen and oxygen atoms in total. The van der Waals surface area contributed by atoms with Gasteiger partial charge < -0.3 is 15.4 Å². The molecule has 0 aromatic heterocycles. The highest BCUT2D eigenvalue weighted by atomic mass is 16.5. The van der Waals surface area contributed by atoms with E-state index < -0.39 is 0 Å². The largest absolute Gasteiger partial charge is 0.379 e. The molecule has 1 rings (SSSR count). The lowest BCUT2D eigenvalue weighted by Crippen LogP contribution is -2.42. The third-order valence-electron chi connectivity index (χ3n) is 3.32. The molecular formula is C14H28N2O2. The maximum Gasteiger partial charge on any atom is 0.223 e. The zero-order valence-corrected chi connectivity index (χ0v) is 12.0. The summed E-state index contributed by atoms with van der Waals surface area (Å²) >= 11 is 0. The quantitative estimate of drug-likeness (QED) is 0.682. The Bertz CT molecular complexity index is 244. The SMILES string of the molecule is CC1CC(C(=O)NCCCCOC(C)C)CCN1. The highest BCUT2D eigenvalue weighted by molar-refractivity contribution is 5.78. The zero-order chi connectivity index (χ0) is 13.4. The molecule has 1 saturated heterocycles. The second kappa shape index (κ2) is 8.48. The molecule has 0 aliphatic carbocycles. The highest BCUT2D eigenvalue weighted by Gasteiger charge is 2.23. The Labute approximate surface area is 111 Å². The minimum absolute atomic E-state index is 0.202. The Kier molecular flexibility index (Phi) is 7.28. The predicted octanol–water partition coefficient (Wildman–Crippen LogP) is 1.70. The number of unbranched alkanes of at least 4 members (excludes halogenated alkanes) is 1. The molecule has 0 spiro atoms. The molecule has 4 heteroatoms. The first-order valence-corrected chi connectivity index (χ1v) is 7.22. The third kappa shape index (κ3) is 6.36. The van der Waals surface area contributed by atoms with Crippen molar-refractivity contribution in [3.05, 3.63) is 0 Å². The van der Waals surface area contributed by atoms with Crippen molar-refractivity contribution in [1.29, 1.82) is 0 Å². The van der Waals surface area contributed by atoms with Crippen molar-refractivity contribution in [2.75, 3.05) is 19.7 Å². The van der Waals surface area contributed by atoms with Crippen LogP contribution in [-0.4, -0.2) is 37.7 Å². The maximum atomic E-state index is 11.9. The molecule has 1 aliphatic rings. The van der Waals surface area contributed by atoms with Gasteiger partial charge in [-0.25, -0.2) is 0 Å². The molecule has 106 valence electrons. The number of rotatable bonds is 7. The van der Waals surface area contributed by atoms with Gasteiger partial charge in [0.25, 0.3) is 0 Å². The van der Waals surface area contributed by atoms with E-state index in [0.717, 1.165) is 45.4 Å². The van der Waals surface area contributed by atoms with Crippen LogP contribution in [0.4, 0.5) is 0 Å². The molecule has 2 N–H and O–H groups in total. The van der Waals surface area contributed by atoms with Crippen LogP contribution in [0.5, 0.6) is 0 Å². The van der Waals surface area contributed by atoms with Crippen LogP contribution in [0.15, 0.2) is 0 Å². The average Bonchev–Trinajstić information content (AvgIpc) is 2.33. The van der Waals surface area contributed by atoms with E-state index in [1.54, 1.807) is 0 Å². The normalized spacial score (nSPS) is 24.2. The lowest BCUT2D eigenvalue weighted by molar-refractivity contribution is -0.126. The molecule has 2 unspecified atom stereocenters. The molecule has 1 amide bonds. The number of hydrogen-bond donors (Lipinski definition) is 2. The minimum atomic E-state index is 0.202. The van der Waals surface area contributed by atoms with Crippen LogP contribution in [0, 0.1) is 5.92 Å². The average molecular weight is 256 g/mol. The van der Waals surface area contributed by atoms with Gasteiger partial charge in [-0.15, -0.1) is 0 Å². The van der Waals surface area contributed by atoms with Crippen LogP contribution in [0.1, 0.15) is 46.5 Å². The summed E-state index contributed by atoms with van der Waals surface area (Å²) in [5, 5.41) is 6.40. The van der Waals surface area contributed by atoms with Crippen LogP contribution in [-0.2, 0) is 9.53 Å². The molecule has 1 fully saturated rings. The number of hydrogen-bond acceptors (Lipinski definition) is 3. The lowest BCUT2D eigenvalue weighted by atomic mass is 9.92. The van der Waals surface area contributed by atoms with Crippen LogP contribution >= 0.6 is 0 Å². The minimum Gasteiger partial charge on any atom is -0.379 e. The molecular weight excluding hydrogens is 228 g/mol. The van der Waals surface area contributed by atoms with E-state index in [1.807, 2.05) is 13.8 Å². The van der Waals surface area contributed by atoms with Gasteiger partial charge in [0.2, 0.25) is 5.91 Å². The highest BCUT2D eigenvalue weighted by Crippen LogP contribution is 2.15. The summed E-state index contributed by atoms with van der Waals surface area (Å²) in [6.07, 6.45) is 4.24. The maximum absolute atomic E-state index is 11.9. The van der Waals surface area contributed by atoms with Gasteiger partial charge in [-0.05, 0) is 53.0 Å². The standard InChI is InChI=1S/C14H28N2O2/c1-11(2)18-9-5-4-7-16-14(17)13-6-8-15-12(3)10-13/h11-13,15H,4-10H2,1-3H3,(H,16,17). The van der Waals surface area contributed by atoms with Crippen molar-refractivity contribution in [3.8, 4) is 0 Å². The zero-order valence-electron chi connectivity index (χ0n) is 12.0. The van der Waals surface area contributed by atoms with Crippen molar-refractivity contribution in [2.24, 2.45) is 5.92 Å². The summed E-state index contributed by atoms with van der Waals surface area (Å²) in [5.41, 5.74) is 0. The van der Waals surface area contributed by atoms with Gasteiger partial charge in [0.1, 0.15) is 0 Å². The van der Waals surface area contributed by atoms with E-state index in [-0.39, 0.29) is 11.8 Å². The molecule has 2 atom stereocenters. The van der Waals surface area contributed by atoms with Crippen molar-refractivity contribution in [2.45, 2.75) is 58.6 Å². The van der Waals surface area contributed by atoms with E-state index in [1.165, 1.54) is 0 Å². The molecule has 0 saturated carbocycles. The lowest BCUT2D eigenvalue weighted by Gasteiger charge is -2.27. The summed E-state index contributed by atoms with van der Waals surface area (Å²) in [6, 6.07) is 0.467. The van der Waals surface area contributed by atoms with Crippen LogP contribution in [0.25, 0.3) is 0 Å². The van der Waals surface area contributed by atoms with Crippen molar-refractivity contribution in [1.82, 2.24) is 10.6 Å². The summed E-state index contributed by atoms with van der Waals surface area (Å²) in [4.78, 5) is 11.9. The third-order valence-corrected chi connectivity index (χ3v) is 3.32. The fourth-order valence-electron chi connectivity index (χ4n) is 2.27. The molecule has 0 bridgehead atoms. The number of ether oxygens (including phenoxy) is 1. The van der Waals surface area contributed by atoms with Crippen molar-refractivity contribution in [3.63, 3.8) is 0 Å². The second-order valence-corrected chi connectivity index (χ2v) is 5.49. The van der Waals surface area contributed by atoms with Crippen LogP contribution < -0.4 is 10.6 Å². The number of piperidine rings is 1. The Balaban J connectivity index is 2.02. The molecule has 1 aliphatic heterocycles. The Hall–Kier alpha value is -0.610. The van der Waals surface area contributed by atoms with Gasteiger partial charge >= 0.3 is 0 Å². The van der Waals surface area contributed by atoms with Crippen molar-refractivity contribution < 1.29 is 9.53 Å². The summed E-state index contributed by atoms with van der Waals surface area (Å²) in [6.45, 7) is 8.75. The molecule has 0 aromatic carbocycles. The number of nitrogens with one attached hydrogen (secondary N) is 2. The monoisotopic (exact) mass is 256 g/mol. The van der Waals surface area contributed by atoms with Gasteiger partial charge in [0.05, 0.1) is 6.10 Å². The Morgan fingerprint density at radius 1 is 1.44 bits per heavy atom. The first-order valence-electron chi connectivity index (χ1n) is 7.22.